The number of aryl methyl sites for hydroxylation is 2. The van der Waals surface area contributed by atoms with Gasteiger partial charge in [0.25, 0.3) is 10.0 Å². The lowest BCUT2D eigenvalue weighted by molar-refractivity contribution is -0.140. The normalized spacial score (nSPS) is 11.9. The summed E-state index contributed by atoms with van der Waals surface area (Å²) in [6.07, 6.45) is 0.289. The van der Waals surface area contributed by atoms with Crippen LogP contribution in [0, 0.1) is 19.7 Å². The Morgan fingerprint density at radius 2 is 1.57 bits per heavy atom. The van der Waals surface area contributed by atoms with E-state index in [1.54, 1.807) is 44.2 Å². The molecule has 2 amide bonds. The van der Waals surface area contributed by atoms with Gasteiger partial charge in [-0.3, -0.25) is 13.9 Å². The van der Waals surface area contributed by atoms with Gasteiger partial charge in [0, 0.05) is 13.1 Å². The number of anilines is 1. The van der Waals surface area contributed by atoms with E-state index in [-0.39, 0.29) is 35.2 Å². The van der Waals surface area contributed by atoms with Crippen LogP contribution in [-0.4, -0.2) is 51.4 Å². The average Bonchev–Trinajstić information content (AvgIpc) is 2.92. The molecule has 0 unspecified atom stereocenters. The van der Waals surface area contributed by atoms with Crippen LogP contribution in [0.15, 0.2) is 71.6 Å². The van der Waals surface area contributed by atoms with E-state index < -0.39 is 34.3 Å². The predicted octanol–water partition coefficient (Wildman–Crippen LogP) is 4.59. The number of nitrogens with zero attached hydrogens (tertiary/aromatic N) is 2. The molecule has 0 aliphatic rings. The second kappa shape index (κ2) is 13.4. The molecule has 214 valence electrons. The van der Waals surface area contributed by atoms with Crippen LogP contribution in [-0.2, 0) is 26.2 Å². The Morgan fingerprint density at radius 1 is 0.950 bits per heavy atom. The lowest BCUT2D eigenvalue weighted by atomic mass is 10.1. The summed E-state index contributed by atoms with van der Waals surface area (Å²) in [6, 6.07) is 16.2. The molecule has 3 aromatic carbocycles. The minimum atomic E-state index is -4.23. The SMILES string of the molecule is CCNC(=O)[C@@H](CC)N(Cc1ccc(F)cc1)C(=O)CN(c1cc(C)ccc1OC)S(=O)(=O)c1ccc(C)cc1. The molecular formula is C30H36FN3O5S. The quantitative estimate of drug-likeness (QED) is 0.344. The minimum absolute atomic E-state index is 0.00955. The van der Waals surface area contributed by atoms with Crippen LogP contribution in [0.3, 0.4) is 0 Å². The van der Waals surface area contributed by atoms with E-state index in [9.17, 15) is 22.4 Å². The number of sulfonamides is 1. The fraction of sp³-hybridized carbons (Fsp3) is 0.333. The number of hydrogen-bond donors (Lipinski definition) is 1. The summed E-state index contributed by atoms with van der Waals surface area (Å²) in [5.41, 5.74) is 2.44. The zero-order chi connectivity index (χ0) is 29.4. The van der Waals surface area contributed by atoms with Gasteiger partial charge in [-0.05, 0) is 74.7 Å². The van der Waals surface area contributed by atoms with Gasteiger partial charge in [0.1, 0.15) is 24.2 Å². The molecular weight excluding hydrogens is 533 g/mol. The fourth-order valence-corrected chi connectivity index (χ4v) is 5.76. The lowest BCUT2D eigenvalue weighted by Gasteiger charge is -2.33. The van der Waals surface area contributed by atoms with Gasteiger partial charge in [-0.2, -0.15) is 0 Å². The Kier molecular flexibility index (Phi) is 10.3. The van der Waals surface area contributed by atoms with Crippen LogP contribution in [0.5, 0.6) is 5.75 Å². The van der Waals surface area contributed by atoms with Crippen molar-refractivity contribution >= 4 is 27.5 Å². The van der Waals surface area contributed by atoms with Crippen LogP contribution in [0.2, 0.25) is 0 Å². The number of methoxy groups -OCH3 is 1. The molecule has 0 spiro atoms. The number of carbonyl (C=O) groups is 2. The maximum absolute atomic E-state index is 14.0. The Hall–Kier alpha value is -3.92. The largest absolute Gasteiger partial charge is 0.495 e. The topological polar surface area (TPSA) is 96.0 Å². The summed E-state index contributed by atoms with van der Waals surface area (Å²) in [5, 5.41) is 2.75. The molecule has 0 aliphatic heterocycles. The van der Waals surface area contributed by atoms with Crippen molar-refractivity contribution in [2.24, 2.45) is 0 Å². The number of nitrogens with one attached hydrogen (secondary N) is 1. The molecule has 3 rings (SSSR count). The summed E-state index contributed by atoms with van der Waals surface area (Å²) >= 11 is 0. The molecule has 0 bridgehead atoms. The van der Waals surface area contributed by atoms with Gasteiger partial charge < -0.3 is 15.0 Å². The van der Waals surface area contributed by atoms with Gasteiger partial charge in [0.15, 0.2) is 0 Å². The first-order valence-corrected chi connectivity index (χ1v) is 14.5. The molecule has 0 radical (unpaired) electrons. The summed E-state index contributed by atoms with van der Waals surface area (Å²) in [5.74, 6) is -1.11. The number of benzene rings is 3. The van der Waals surface area contributed by atoms with E-state index in [2.05, 4.69) is 5.32 Å². The van der Waals surface area contributed by atoms with E-state index in [0.29, 0.717) is 12.1 Å². The predicted molar refractivity (Wildman–Crippen MR) is 153 cm³/mol. The summed E-state index contributed by atoms with van der Waals surface area (Å²) in [4.78, 5) is 28.4. The van der Waals surface area contributed by atoms with Crippen molar-refractivity contribution in [3.63, 3.8) is 0 Å². The van der Waals surface area contributed by atoms with Crippen molar-refractivity contribution in [1.29, 1.82) is 0 Å². The first-order valence-electron chi connectivity index (χ1n) is 13.1. The standard InChI is InChI=1S/C30H36FN3O5S/c1-6-26(30(36)32-7-2)33(19-23-11-13-24(31)14-12-23)29(35)20-34(27-18-22(4)10-17-28(27)39-5)40(37,38)25-15-8-21(3)9-16-25/h8-18,26H,6-7,19-20H2,1-5H3,(H,32,36)/t26-/m1/s1. The van der Waals surface area contributed by atoms with Crippen LogP contribution >= 0.6 is 0 Å². The molecule has 1 atom stereocenters. The second-order valence-corrected chi connectivity index (χ2v) is 11.3. The summed E-state index contributed by atoms with van der Waals surface area (Å²) in [7, 11) is -2.81. The summed E-state index contributed by atoms with van der Waals surface area (Å²) in [6.45, 7) is 6.96. The van der Waals surface area contributed by atoms with Crippen LogP contribution in [0.1, 0.15) is 37.0 Å². The Balaban J connectivity index is 2.12. The lowest BCUT2D eigenvalue weighted by Crippen LogP contribution is -2.52. The van der Waals surface area contributed by atoms with Gasteiger partial charge >= 0.3 is 0 Å². The van der Waals surface area contributed by atoms with Crippen LogP contribution in [0.4, 0.5) is 10.1 Å². The Bertz CT molecular complexity index is 1430. The van der Waals surface area contributed by atoms with Gasteiger partial charge in [0.05, 0.1) is 17.7 Å². The van der Waals surface area contributed by atoms with E-state index >= 15 is 0 Å². The maximum atomic E-state index is 14.0. The zero-order valence-electron chi connectivity index (χ0n) is 23.5. The molecule has 0 aliphatic carbocycles. The number of ether oxygens (including phenoxy) is 1. The van der Waals surface area contributed by atoms with Crippen molar-refractivity contribution in [1.82, 2.24) is 10.2 Å². The molecule has 10 heteroatoms. The van der Waals surface area contributed by atoms with Crippen molar-refractivity contribution < 1.29 is 27.1 Å². The fourth-order valence-electron chi connectivity index (χ4n) is 4.34. The van der Waals surface area contributed by atoms with E-state index in [4.69, 9.17) is 4.74 Å². The summed E-state index contributed by atoms with van der Waals surface area (Å²) < 4.78 is 48.2. The zero-order valence-corrected chi connectivity index (χ0v) is 24.3. The van der Waals surface area contributed by atoms with E-state index in [1.807, 2.05) is 13.8 Å². The van der Waals surface area contributed by atoms with Crippen molar-refractivity contribution in [2.75, 3.05) is 24.5 Å². The molecule has 1 N–H and O–H groups in total. The third-order valence-corrected chi connectivity index (χ3v) is 8.27. The molecule has 0 saturated carbocycles. The highest BCUT2D eigenvalue weighted by Crippen LogP contribution is 2.34. The number of likely N-dealkylation sites (N-methyl/N-ethyl adjacent to an activating group) is 1. The highest BCUT2D eigenvalue weighted by atomic mass is 32.2. The Labute approximate surface area is 235 Å². The number of amides is 2. The number of halogens is 1. The highest BCUT2D eigenvalue weighted by Gasteiger charge is 2.34. The van der Waals surface area contributed by atoms with E-state index in [0.717, 1.165) is 15.4 Å². The van der Waals surface area contributed by atoms with Gasteiger partial charge in [-0.15, -0.1) is 0 Å². The van der Waals surface area contributed by atoms with Gasteiger partial charge in [0.2, 0.25) is 11.8 Å². The van der Waals surface area contributed by atoms with Gasteiger partial charge in [-0.1, -0.05) is 42.8 Å². The van der Waals surface area contributed by atoms with E-state index in [1.165, 1.54) is 48.4 Å². The molecule has 0 fully saturated rings. The second-order valence-electron chi connectivity index (χ2n) is 9.47. The van der Waals surface area contributed by atoms with Crippen molar-refractivity contribution in [2.45, 2.75) is 51.6 Å². The molecule has 40 heavy (non-hydrogen) atoms. The van der Waals surface area contributed by atoms with Crippen LogP contribution in [0.25, 0.3) is 0 Å². The molecule has 3 aromatic rings. The number of hydrogen-bond acceptors (Lipinski definition) is 5. The van der Waals surface area contributed by atoms with Crippen molar-refractivity contribution in [3.8, 4) is 5.75 Å². The average molecular weight is 570 g/mol. The number of carbonyl (C=O) groups excluding carboxylic acids is 2. The molecule has 8 nitrogen and oxygen atoms in total. The third kappa shape index (κ3) is 7.18. The maximum Gasteiger partial charge on any atom is 0.264 e. The third-order valence-electron chi connectivity index (χ3n) is 6.49. The highest BCUT2D eigenvalue weighted by molar-refractivity contribution is 7.92. The van der Waals surface area contributed by atoms with Gasteiger partial charge in [-0.25, -0.2) is 12.8 Å². The first-order chi connectivity index (χ1) is 19.0. The smallest absolute Gasteiger partial charge is 0.264 e. The number of rotatable bonds is 12. The molecule has 0 aromatic heterocycles. The molecule has 0 heterocycles. The first kappa shape index (κ1) is 30.6. The monoisotopic (exact) mass is 569 g/mol. The Morgan fingerprint density at radius 3 is 2.15 bits per heavy atom. The van der Waals surface area contributed by atoms with Crippen molar-refractivity contribution in [3.05, 3.63) is 89.2 Å². The minimum Gasteiger partial charge on any atom is -0.495 e. The van der Waals surface area contributed by atoms with Crippen LogP contribution < -0.4 is 14.4 Å². The molecule has 0 saturated heterocycles.